The smallest absolute Gasteiger partial charge is 0.153 e. The predicted octanol–water partition coefficient (Wildman–Crippen LogP) is 1.35. The number of para-hydroxylation sites is 1. The van der Waals surface area contributed by atoms with Gasteiger partial charge in [-0.05, 0) is 38.8 Å². The Labute approximate surface area is 127 Å². The van der Waals surface area contributed by atoms with Crippen LogP contribution in [0.1, 0.15) is 37.0 Å². The van der Waals surface area contributed by atoms with Gasteiger partial charge >= 0.3 is 0 Å². The highest BCUT2D eigenvalue weighted by molar-refractivity contribution is 5.79. The van der Waals surface area contributed by atoms with E-state index in [1.54, 1.807) is 11.0 Å². The van der Waals surface area contributed by atoms with E-state index in [9.17, 15) is 4.79 Å². The van der Waals surface area contributed by atoms with Crippen LogP contribution >= 0.6 is 0 Å². The molecule has 4 heteroatoms. The Kier molecular flexibility index (Phi) is 6.21. The molecule has 0 radical (unpaired) electrons. The fourth-order valence-electron chi connectivity index (χ4n) is 2.96. The summed E-state index contributed by atoms with van der Waals surface area (Å²) in [6.07, 6.45) is 3.72. The Morgan fingerprint density at radius 3 is 2.67 bits per heavy atom. The van der Waals surface area contributed by atoms with Gasteiger partial charge in [0, 0.05) is 0 Å². The van der Waals surface area contributed by atoms with Gasteiger partial charge in [0.1, 0.15) is 31.0 Å². The van der Waals surface area contributed by atoms with Crippen molar-refractivity contribution in [1.29, 1.82) is 0 Å². The molecule has 0 amide bonds. The summed E-state index contributed by atoms with van der Waals surface area (Å²) < 4.78 is 11.4. The SMILES string of the molecule is C[C@@H]1C[NH+](CCCCOc2ccccc2C=O)C[C@H](C)O1. The summed E-state index contributed by atoms with van der Waals surface area (Å²) in [6, 6.07) is 7.37. The fourth-order valence-corrected chi connectivity index (χ4v) is 2.96. The molecule has 0 aromatic heterocycles. The van der Waals surface area contributed by atoms with Crippen molar-refractivity contribution in [1.82, 2.24) is 0 Å². The van der Waals surface area contributed by atoms with Crippen LogP contribution in [0.15, 0.2) is 24.3 Å². The maximum Gasteiger partial charge on any atom is 0.153 e. The summed E-state index contributed by atoms with van der Waals surface area (Å²) in [6.45, 7) is 8.32. The zero-order valence-electron chi connectivity index (χ0n) is 13.0. The van der Waals surface area contributed by atoms with Crippen molar-refractivity contribution in [2.75, 3.05) is 26.2 Å². The molecular formula is C17H26NO3+. The van der Waals surface area contributed by atoms with Gasteiger partial charge in [0.15, 0.2) is 6.29 Å². The van der Waals surface area contributed by atoms with E-state index in [0.717, 1.165) is 38.8 Å². The number of carbonyl (C=O) groups excluding carboxylic acids is 1. The molecule has 1 aromatic rings. The number of aldehydes is 1. The number of nitrogens with one attached hydrogen (secondary N) is 1. The zero-order valence-corrected chi connectivity index (χ0v) is 13.0. The van der Waals surface area contributed by atoms with E-state index >= 15 is 0 Å². The van der Waals surface area contributed by atoms with Gasteiger partial charge in [0.2, 0.25) is 0 Å². The highest BCUT2D eigenvalue weighted by atomic mass is 16.5. The van der Waals surface area contributed by atoms with Crippen LogP contribution in [0.4, 0.5) is 0 Å². The summed E-state index contributed by atoms with van der Waals surface area (Å²) in [5.41, 5.74) is 0.624. The molecular weight excluding hydrogens is 266 g/mol. The van der Waals surface area contributed by atoms with E-state index in [1.165, 1.54) is 0 Å². The fraction of sp³-hybridized carbons (Fsp3) is 0.588. The molecule has 0 saturated carbocycles. The van der Waals surface area contributed by atoms with Crippen molar-refractivity contribution >= 4 is 6.29 Å². The third-order valence-electron chi connectivity index (χ3n) is 3.85. The molecule has 1 aliphatic rings. The lowest BCUT2D eigenvalue weighted by Gasteiger charge is -2.32. The lowest BCUT2D eigenvalue weighted by atomic mass is 10.2. The molecule has 1 aromatic carbocycles. The number of hydrogen-bond acceptors (Lipinski definition) is 3. The first-order valence-corrected chi connectivity index (χ1v) is 7.85. The summed E-state index contributed by atoms with van der Waals surface area (Å²) in [5.74, 6) is 0.688. The topological polar surface area (TPSA) is 40.0 Å². The van der Waals surface area contributed by atoms with Crippen molar-refractivity contribution < 1.29 is 19.2 Å². The number of quaternary nitrogens is 1. The number of benzene rings is 1. The first kappa shape index (κ1) is 16.0. The van der Waals surface area contributed by atoms with Crippen molar-refractivity contribution in [3.63, 3.8) is 0 Å². The second-order valence-electron chi connectivity index (χ2n) is 5.88. The van der Waals surface area contributed by atoms with Gasteiger partial charge in [-0.2, -0.15) is 0 Å². The molecule has 21 heavy (non-hydrogen) atoms. The highest BCUT2D eigenvalue weighted by Crippen LogP contribution is 2.15. The maximum absolute atomic E-state index is 10.9. The minimum absolute atomic E-state index is 0.361. The summed E-state index contributed by atoms with van der Waals surface area (Å²) >= 11 is 0. The van der Waals surface area contributed by atoms with Gasteiger partial charge in [-0.3, -0.25) is 4.79 Å². The standard InChI is InChI=1S/C17H25NO3/c1-14-11-18(12-15(2)21-14)9-5-6-10-20-17-8-4-3-7-16(17)13-19/h3-4,7-8,13-15H,5-6,9-12H2,1-2H3/p+1/t14-,15+. The maximum atomic E-state index is 10.9. The van der Waals surface area contributed by atoms with Crippen molar-refractivity contribution in [3.05, 3.63) is 29.8 Å². The van der Waals surface area contributed by atoms with Crippen LogP contribution in [-0.2, 0) is 4.74 Å². The summed E-state index contributed by atoms with van der Waals surface area (Å²) in [7, 11) is 0. The van der Waals surface area contributed by atoms with Crippen LogP contribution in [0.2, 0.25) is 0 Å². The molecule has 0 spiro atoms. The average molecular weight is 292 g/mol. The number of ether oxygens (including phenoxy) is 2. The quantitative estimate of drug-likeness (QED) is 0.609. The molecule has 3 atom stereocenters. The monoisotopic (exact) mass is 292 g/mol. The van der Waals surface area contributed by atoms with E-state index in [4.69, 9.17) is 9.47 Å². The Morgan fingerprint density at radius 1 is 1.24 bits per heavy atom. The molecule has 116 valence electrons. The van der Waals surface area contributed by atoms with Crippen LogP contribution in [0.5, 0.6) is 5.75 Å². The Balaban J connectivity index is 1.65. The van der Waals surface area contributed by atoms with E-state index in [0.29, 0.717) is 30.1 Å². The summed E-state index contributed by atoms with van der Waals surface area (Å²) in [5, 5.41) is 0. The van der Waals surface area contributed by atoms with Gasteiger partial charge in [-0.25, -0.2) is 0 Å². The van der Waals surface area contributed by atoms with Gasteiger partial charge in [-0.1, -0.05) is 12.1 Å². The van der Waals surface area contributed by atoms with E-state index < -0.39 is 0 Å². The third-order valence-corrected chi connectivity index (χ3v) is 3.85. The molecule has 1 aliphatic heterocycles. The normalized spacial score (nSPS) is 25.5. The molecule has 1 fully saturated rings. The Hall–Kier alpha value is -1.39. The number of rotatable bonds is 7. The summed E-state index contributed by atoms with van der Waals surface area (Å²) in [4.78, 5) is 12.5. The average Bonchev–Trinajstić information content (AvgIpc) is 2.46. The number of hydrogen-bond donors (Lipinski definition) is 1. The van der Waals surface area contributed by atoms with Crippen LogP contribution < -0.4 is 9.64 Å². The molecule has 1 heterocycles. The highest BCUT2D eigenvalue weighted by Gasteiger charge is 2.24. The lowest BCUT2D eigenvalue weighted by Crippen LogP contribution is -3.15. The van der Waals surface area contributed by atoms with Crippen LogP contribution in [-0.4, -0.2) is 44.7 Å². The van der Waals surface area contributed by atoms with E-state index in [-0.39, 0.29) is 0 Å². The van der Waals surface area contributed by atoms with Crippen LogP contribution in [0.25, 0.3) is 0 Å². The molecule has 1 unspecified atom stereocenters. The van der Waals surface area contributed by atoms with Crippen LogP contribution in [0, 0.1) is 0 Å². The zero-order chi connectivity index (χ0) is 15.1. The Morgan fingerprint density at radius 2 is 1.95 bits per heavy atom. The number of carbonyl (C=O) groups is 1. The lowest BCUT2D eigenvalue weighted by molar-refractivity contribution is -0.915. The number of morpholine rings is 1. The molecule has 0 aliphatic carbocycles. The largest absolute Gasteiger partial charge is 0.493 e. The number of unbranched alkanes of at least 4 members (excludes halogenated alkanes) is 1. The molecule has 2 rings (SSSR count). The van der Waals surface area contributed by atoms with Crippen molar-refractivity contribution in [2.24, 2.45) is 0 Å². The molecule has 4 nitrogen and oxygen atoms in total. The van der Waals surface area contributed by atoms with E-state index in [2.05, 4.69) is 13.8 Å². The second-order valence-corrected chi connectivity index (χ2v) is 5.88. The third kappa shape index (κ3) is 5.14. The van der Waals surface area contributed by atoms with Gasteiger partial charge in [0.25, 0.3) is 0 Å². The minimum Gasteiger partial charge on any atom is -0.493 e. The molecule has 1 N–H and O–H groups in total. The van der Waals surface area contributed by atoms with Crippen molar-refractivity contribution in [3.8, 4) is 5.75 Å². The molecule has 1 saturated heterocycles. The van der Waals surface area contributed by atoms with Gasteiger partial charge < -0.3 is 14.4 Å². The van der Waals surface area contributed by atoms with E-state index in [1.807, 2.05) is 18.2 Å². The minimum atomic E-state index is 0.361. The van der Waals surface area contributed by atoms with Gasteiger partial charge in [0.05, 0.1) is 18.7 Å². The second kappa shape index (κ2) is 8.15. The first-order chi connectivity index (χ1) is 10.2. The predicted molar refractivity (Wildman–Crippen MR) is 82.1 cm³/mol. The first-order valence-electron chi connectivity index (χ1n) is 7.85. The van der Waals surface area contributed by atoms with Crippen LogP contribution in [0.3, 0.4) is 0 Å². The van der Waals surface area contributed by atoms with Crippen molar-refractivity contribution in [2.45, 2.75) is 38.9 Å². The molecule has 0 bridgehead atoms. The Bertz CT molecular complexity index is 439. The van der Waals surface area contributed by atoms with Gasteiger partial charge in [-0.15, -0.1) is 0 Å².